The van der Waals surface area contributed by atoms with E-state index in [1.165, 1.54) is 5.56 Å². The highest BCUT2D eigenvalue weighted by Crippen LogP contribution is 2.25. The third kappa shape index (κ3) is 3.38. The normalized spacial score (nSPS) is 12.2. The molecule has 1 aromatic rings. The first kappa shape index (κ1) is 12.8. The molecule has 0 spiro atoms. The van der Waals surface area contributed by atoms with Crippen molar-refractivity contribution in [3.63, 3.8) is 0 Å². The van der Waals surface area contributed by atoms with E-state index in [2.05, 4.69) is 19.6 Å². The monoisotopic (exact) mass is 219 g/mol. The summed E-state index contributed by atoms with van der Waals surface area (Å²) in [7, 11) is 0. The van der Waals surface area contributed by atoms with Crippen LogP contribution in [0.5, 0.6) is 5.75 Å². The van der Waals surface area contributed by atoms with Gasteiger partial charge in [-0.15, -0.1) is 0 Å². The van der Waals surface area contributed by atoms with Crippen LogP contribution in [-0.4, -0.2) is 6.61 Å². The van der Waals surface area contributed by atoms with Crippen LogP contribution in [0.3, 0.4) is 0 Å². The number of nitrogens with two attached hydrogens (primary N) is 1. The molecule has 1 atom stereocenters. The Kier molecular flexibility index (Phi) is 4.56. The van der Waals surface area contributed by atoms with Gasteiger partial charge in [0.25, 0.3) is 0 Å². The van der Waals surface area contributed by atoms with Gasteiger partial charge in [-0.05, 0) is 37.5 Å². The van der Waals surface area contributed by atoms with E-state index in [9.17, 15) is 0 Å². The molecule has 0 aliphatic rings. The van der Waals surface area contributed by atoms with E-state index in [-0.39, 0.29) is 6.04 Å². The van der Waals surface area contributed by atoms with Gasteiger partial charge in [0.1, 0.15) is 12.4 Å². The Bertz CT molecular complexity index is 369. The first-order valence-corrected chi connectivity index (χ1v) is 5.70. The van der Waals surface area contributed by atoms with Gasteiger partial charge in [0.15, 0.2) is 0 Å². The molecule has 0 unspecified atom stereocenters. The molecule has 16 heavy (non-hydrogen) atoms. The predicted octanol–water partition coefficient (Wildman–Crippen LogP) is 3.36. The second-order valence-corrected chi connectivity index (χ2v) is 4.22. The van der Waals surface area contributed by atoms with Crippen LogP contribution < -0.4 is 10.5 Å². The third-order valence-corrected chi connectivity index (χ3v) is 2.59. The number of aryl methyl sites for hydroxylation is 1. The van der Waals surface area contributed by atoms with Crippen LogP contribution in [-0.2, 0) is 0 Å². The summed E-state index contributed by atoms with van der Waals surface area (Å²) in [4.78, 5) is 0. The van der Waals surface area contributed by atoms with Crippen molar-refractivity contribution in [2.75, 3.05) is 6.61 Å². The molecule has 0 aliphatic carbocycles. The summed E-state index contributed by atoms with van der Waals surface area (Å²) < 4.78 is 5.75. The van der Waals surface area contributed by atoms with Gasteiger partial charge in [0, 0.05) is 11.6 Å². The van der Waals surface area contributed by atoms with Gasteiger partial charge >= 0.3 is 0 Å². The quantitative estimate of drug-likeness (QED) is 0.771. The molecule has 88 valence electrons. The summed E-state index contributed by atoms with van der Waals surface area (Å²) in [6.45, 7) is 10.6. The van der Waals surface area contributed by atoms with Crippen molar-refractivity contribution in [1.82, 2.24) is 0 Å². The highest BCUT2D eigenvalue weighted by molar-refractivity contribution is 5.39. The lowest BCUT2D eigenvalue weighted by molar-refractivity contribution is 0.343. The van der Waals surface area contributed by atoms with Gasteiger partial charge in [-0.25, -0.2) is 0 Å². The Balaban J connectivity index is 2.84. The maximum Gasteiger partial charge on any atom is 0.124 e. The van der Waals surface area contributed by atoms with Gasteiger partial charge < -0.3 is 10.5 Å². The summed E-state index contributed by atoms with van der Waals surface area (Å²) in [5.41, 5.74) is 9.23. The molecule has 0 heterocycles. The van der Waals surface area contributed by atoms with Crippen molar-refractivity contribution in [2.45, 2.75) is 33.2 Å². The maximum absolute atomic E-state index is 5.90. The lowest BCUT2D eigenvalue weighted by Gasteiger charge is -2.15. The minimum Gasteiger partial charge on any atom is -0.489 e. The molecule has 0 radical (unpaired) electrons. The molecule has 0 amide bonds. The molecule has 0 aliphatic heterocycles. The molecule has 2 N–H and O–H groups in total. The summed E-state index contributed by atoms with van der Waals surface area (Å²) in [6.07, 6.45) is 0.944. The number of ether oxygens (including phenoxy) is 1. The SMILES string of the molecule is C=C(CC)COc1cc(C)ccc1[C@@H](C)N. The predicted molar refractivity (Wildman–Crippen MR) is 68.7 cm³/mol. The number of hydrogen-bond acceptors (Lipinski definition) is 2. The molecule has 1 rings (SSSR count). The van der Waals surface area contributed by atoms with Gasteiger partial charge in [0.2, 0.25) is 0 Å². The molecule has 0 saturated carbocycles. The fourth-order valence-corrected chi connectivity index (χ4v) is 1.42. The lowest BCUT2D eigenvalue weighted by Crippen LogP contribution is -2.09. The zero-order chi connectivity index (χ0) is 12.1. The van der Waals surface area contributed by atoms with Crippen LogP contribution in [0.25, 0.3) is 0 Å². The fraction of sp³-hybridized carbons (Fsp3) is 0.429. The Labute approximate surface area is 98.1 Å². The average Bonchev–Trinajstić information content (AvgIpc) is 2.25. The van der Waals surface area contributed by atoms with Crippen molar-refractivity contribution in [2.24, 2.45) is 5.73 Å². The summed E-state index contributed by atoms with van der Waals surface area (Å²) >= 11 is 0. The van der Waals surface area contributed by atoms with Crippen LogP contribution in [0.15, 0.2) is 30.4 Å². The molecular formula is C14H21NO. The molecule has 1 aromatic carbocycles. The Morgan fingerprint density at radius 2 is 2.19 bits per heavy atom. The zero-order valence-corrected chi connectivity index (χ0v) is 10.4. The second-order valence-electron chi connectivity index (χ2n) is 4.22. The standard InChI is InChI=1S/C14H21NO/c1-5-10(2)9-16-14-8-11(3)6-7-13(14)12(4)15/h6-8,12H,2,5,9,15H2,1,3-4H3/t12-/m1/s1. The van der Waals surface area contributed by atoms with E-state index in [1.54, 1.807) is 0 Å². The fourth-order valence-electron chi connectivity index (χ4n) is 1.42. The van der Waals surface area contributed by atoms with E-state index in [0.29, 0.717) is 6.61 Å². The third-order valence-electron chi connectivity index (χ3n) is 2.59. The highest BCUT2D eigenvalue weighted by Gasteiger charge is 2.08. The van der Waals surface area contributed by atoms with Gasteiger partial charge in [-0.1, -0.05) is 25.6 Å². The smallest absolute Gasteiger partial charge is 0.124 e. The van der Waals surface area contributed by atoms with Crippen molar-refractivity contribution >= 4 is 0 Å². The second kappa shape index (κ2) is 5.71. The summed E-state index contributed by atoms with van der Waals surface area (Å²) in [5, 5.41) is 0. The van der Waals surface area contributed by atoms with Gasteiger partial charge in [0.05, 0.1) is 0 Å². The molecule has 2 nitrogen and oxygen atoms in total. The average molecular weight is 219 g/mol. The molecule has 0 aromatic heterocycles. The van der Waals surface area contributed by atoms with Crippen LogP contribution in [0, 0.1) is 6.92 Å². The van der Waals surface area contributed by atoms with Gasteiger partial charge in [-0.2, -0.15) is 0 Å². The summed E-state index contributed by atoms with van der Waals surface area (Å²) in [6, 6.07) is 6.11. The Morgan fingerprint density at radius 3 is 2.75 bits per heavy atom. The molecule has 2 heteroatoms. The van der Waals surface area contributed by atoms with Crippen molar-refractivity contribution in [1.29, 1.82) is 0 Å². The van der Waals surface area contributed by atoms with E-state index < -0.39 is 0 Å². The maximum atomic E-state index is 5.90. The molecule has 0 fully saturated rings. The van der Waals surface area contributed by atoms with Gasteiger partial charge in [-0.3, -0.25) is 0 Å². The van der Waals surface area contributed by atoms with Crippen LogP contribution in [0.1, 0.15) is 37.4 Å². The van der Waals surface area contributed by atoms with Crippen molar-refractivity contribution in [3.05, 3.63) is 41.5 Å². The highest BCUT2D eigenvalue weighted by atomic mass is 16.5. The molecule has 0 saturated heterocycles. The Morgan fingerprint density at radius 1 is 1.50 bits per heavy atom. The van der Waals surface area contributed by atoms with Crippen molar-refractivity contribution in [3.8, 4) is 5.75 Å². The topological polar surface area (TPSA) is 35.2 Å². The van der Waals surface area contributed by atoms with E-state index in [0.717, 1.165) is 23.3 Å². The van der Waals surface area contributed by atoms with Crippen LogP contribution in [0.4, 0.5) is 0 Å². The van der Waals surface area contributed by atoms with E-state index in [4.69, 9.17) is 10.5 Å². The lowest BCUT2D eigenvalue weighted by atomic mass is 10.1. The van der Waals surface area contributed by atoms with E-state index in [1.807, 2.05) is 26.0 Å². The number of rotatable bonds is 5. The van der Waals surface area contributed by atoms with Crippen molar-refractivity contribution < 1.29 is 4.74 Å². The van der Waals surface area contributed by atoms with E-state index >= 15 is 0 Å². The minimum absolute atomic E-state index is 0.00880. The van der Waals surface area contributed by atoms with Crippen LogP contribution >= 0.6 is 0 Å². The Hall–Kier alpha value is -1.28. The largest absolute Gasteiger partial charge is 0.489 e. The number of benzene rings is 1. The first-order valence-electron chi connectivity index (χ1n) is 5.70. The molecule has 0 bridgehead atoms. The van der Waals surface area contributed by atoms with Crippen LogP contribution in [0.2, 0.25) is 0 Å². The first-order chi connectivity index (χ1) is 7.54. The minimum atomic E-state index is -0.00880. The molecular weight excluding hydrogens is 198 g/mol. The number of hydrogen-bond donors (Lipinski definition) is 1. The summed E-state index contributed by atoms with van der Waals surface area (Å²) in [5.74, 6) is 0.879. The zero-order valence-electron chi connectivity index (χ0n) is 10.4.